The number of hydrogen-bond acceptors (Lipinski definition) is 6. The molecule has 0 radical (unpaired) electrons. The van der Waals surface area contributed by atoms with Crippen LogP contribution < -0.4 is 20.8 Å². The van der Waals surface area contributed by atoms with Crippen LogP contribution in [0.5, 0.6) is 5.75 Å². The maximum absolute atomic E-state index is 12.1. The van der Waals surface area contributed by atoms with Crippen molar-refractivity contribution in [1.82, 2.24) is 10.7 Å². The first-order valence-electron chi connectivity index (χ1n) is 8.96. The van der Waals surface area contributed by atoms with Gasteiger partial charge in [0.05, 0.1) is 12.8 Å². The van der Waals surface area contributed by atoms with Gasteiger partial charge >= 0.3 is 11.8 Å². The minimum absolute atomic E-state index is 0.212. The summed E-state index contributed by atoms with van der Waals surface area (Å²) in [4.78, 5) is 35.2. The van der Waals surface area contributed by atoms with Crippen molar-refractivity contribution in [2.75, 3.05) is 32.2 Å². The van der Waals surface area contributed by atoms with Gasteiger partial charge in [-0.1, -0.05) is 35.3 Å². The highest BCUT2D eigenvalue weighted by Gasteiger charge is 2.11. The van der Waals surface area contributed by atoms with Gasteiger partial charge in [0.1, 0.15) is 5.75 Å². The molecule has 2 aromatic carbocycles. The predicted molar refractivity (Wildman–Crippen MR) is 118 cm³/mol. The highest BCUT2D eigenvalue weighted by Crippen LogP contribution is 2.22. The van der Waals surface area contributed by atoms with Crippen LogP contribution in [0.3, 0.4) is 0 Å². The van der Waals surface area contributed by atoms with E-state index in [-0.39, 0.29) is 13.2 Å². The minimum Gasteiger partial charge on any atom is -0.484 e. The number of hydrazone groups is 1. The normalized spacial score (nSPS) is 10.5. The van der Waals surface area contributed by atoms with Crippen LogP contribution in [0.4, 0.5) is 5.69 Å². The second-order valence-corrected chi connectivity index (χ2v) is 6.89. The van der Waals surface area contributed by atoms with E-state index in [1.807, 2.05) is 0 Å². The van der Waals surface area contributed by atoms with Crippen molar-refractivity contribution in [3.05, 3.63) is 58.1 Å². The SMILES string of the molecule is COCCNC(=O)C(=O)N/N=C\c1cccc(OCC(=O)Nc2cc(Cl)cc(Cl)c2)c1. The summed E-state index contributed by atoms with van der Waals surface area (Å²) in [7, 11) is 1.48. The molecule has 0 aliphatic heterocycles. The number of hydrogen-bond donors (Lipinski definition) is 3. The molecule has 2 aromatic rings. The largest absolute Gasteiger partial charge is 0.484 e. The summed E-state index contributed by atoms with van der Waals surface area (Å²) in [6.45, 7) is 0.257. The molecule has 11 heteroatoms. The number of halogens is 2. The van der Waals surface area contributed by atoms with Crippen LogP contribution in [-0.4, -0.2) is 50.8 Å². The Bertz CT molecular complexity index is 948. The third-order valence-electron chi connectivity index (χ3n) is 3.55. The second-order valence-electron chi connectivity index (χ2n) is 6.02. The van der Waals surface area contributed by atoms with E-state index in [0.717, 1.165) is 0 Å². The summed E-state index contributed by atoms with van der Waals surface area (Å²) < 4.78 is 10.2. The number of nitrogens with zero attached hydrogens (tertiary/aromatic N) is 1. The molecule has 31 heavy (non-hydrogen) atoms. The van der Waals surface area contributed by atoms with Crippen LogP contribution >= 0.6 is 23.2 Å². The average Bonchev–Trinajstić information content (AvgIpc) is 2.72. The van der Waals surface area contributed by atoms with E-state index in [2.05, 4.69) is 21.2 Å². The summed E-state index contributed by atoms with van der Waals surface area (Å²) >= 11 is 11.8. The van der Waals surface area contributed by atoms with Gasteiger partial charge in [-0.25, -0.2) is 5.43 Å². The van der Waals surface area contributed by atoms with Crippen molar-refractivity contribution in [2.24, 2.45) is 5.10 Å². The molecule has 0 aliphatic rings. The lowest BCUT2D eigenvalue weighted by Gasteiger charge is -2.09. The molecule has 0 unspecified atom stereocenters. The van der Waals surface area contributed by atoms with Gasteiger partial charge in [-0.15, -0.1) is 0 Å². The summed E-state index contributed by atoms with van der Waals surface area (Å²) in [6.07, 6.45) is 1.33. The predicted octanol–water partition coefficient (Wildman–Crippen LogP) is 2.22. The molecule has 0 heterocycles. The fourth-order valence-electron chi connectivity index (χ4n) is 2.22. The topological polar surface area (TPSA) is 118 Å². The molecular formula is C20H20Cl2N4O5. The van der Waals surface area contributed by atoms with Crippen molar-refractivity contribution in [3.63, 3.8) is 0 Å². The van der Waals surface area contributed by atoms with Crippen molar-refractivity contribution in [3.8, 4) is 5.75 Å². The first-order chi connectivity index (χ1) is 14.9. The van der Waals surface area contributed by atoms with Gasteiger partial charge in [-0.2, -0.15) is 5.10 Å². The Kier molecular flexibility index (Phi) is 9.76. The van der Waals surface area contributed by atoms with Gasteiger partial charge in [-0.05, 0) is 35.9 Å². The Morgan fingerprint density at radius 1 is 1.06 bits per heavy atom. The Balaban J connectivity index is 1.83. The molecule has 0 atom stereocenters. The van der Waals surface area contributed by atoms with Crippen LogP contribution in [0.25, 0.3) is 0 Å². The smallest absolute Gasteiger partial charge is 0.329 e. The minimum atomic E-state index is -0.905. The molecule has 0 aliphatic carbocycles. The summed E-state index contributed by atoms with van der Waals surface area (Å²) in [5, 5.41) is 9.52. The highest BCUT2D eigenvalue weighted by molar-refractivity contribution is 6.35. The number of anilines is 1. The van der Waals surface area contributed by atoms with E-state index in [1.54, 1.807) is 42.5 Å². The number of carbonyl (C=O) groups is 3. The number of amides is 3. The van der Waals surface area contributed by atoms with E-state index in [9.17, 15) is 14.4 Å². The molecule has 0 spiro atoms. The maximum Gasteiger partial charge on any atom is 0.329 e. The molecule has 164 valence electrons. The van der Waals surface area contributed by atoms with E-state index >= 15 is 0 Å². The van der Waals surface area contributed by atoms with Crippen molar-refractivity contribution in [1.29, 1.82) is 0 Å². The van der Waals surface area contributed by atoms with Gasteiger partial charge in [-0.3, -0.25) is 14.4 Å². The molecule has 9 nitrogen and oxygen atoms in total. The van der Waals surface area contributed by atoms with Crippen LogP contribution in [0, 0.1) is 0 Å². The molecular weight excluding hydrogens is 447 g/mol. The number of ether oxygens (including phenoxy) is 2. The fraction of sp³-hybridized carbons (Fsp3) is 0.200. The molecule has 0 saturated heterocycles. The lowest BCUT2D eigenvalue weighted by Crippen LogP contribution is -2.39. The molecule has 0 saturated carbocycles. The zero-order valence-electron chi connectivity index (χ0n) is 16.5. The quantitative estimate of drug-likeness (QED) is 0.226. The lowest BCUT2D eigenvalue weighted by atomic mass is 10.2. The van der Waals surface area contributed by atoms with Crippen LogP contribution in [-0.2, 0) is 19.1 Å². The van der Waals surface area contributed by atoms with Crippen LogP contribution in [0.15, 0.2) is 47.6 Å². The molecule has 0 bridgehead atoms. The Hall–Kier alpha value is -3.14. The van der Waals surface area contributed by atoms with Crippen LogP contribution in [0.1, 0.15) is 5.56 Å². The second kappa shape index (κ2) is 12.5. The third kappa shape index (κ3) is 9.04. The van der Waals surface area contributed by atoms with Crippen molar-refractivity contribution >= 4 is 52.8 Å². The van der Waals surface area contributed by atoms with Gasteiger partial charge < -0.3 is 20.1 Å². The van der Waals surface area contributed by atoms with E-state index in [0.29, 0.717) is 33.7 Å². The van der Waals surface area contributed by atoms with Gasteiger partial charge in [0.25, 0.3) is 5.91 Å². The van der Waals surface area contributed by atoms with Crippen LogP contribution in [0.2, 0.25) is 10.0 Å². The summed E-state index contributed by atoms with van der Waals surface area (Å²) in [6, 6.07) is 11.3. The Morgan fingerprint density at radius 3 is 2.52 bits per heavy atom. The number of nitrogens with one attached hydrogen (secondary N) is 3. The van der Waals surface area contributed by atoms with Crippen molar-refractivity contribution < 1.29 is 23.9 Å². The molecule has 0 aromatic heterocycles. The zero-order chi connectivity index (χ0) is 22.6. The standard InChI is InChI=1S/C20H20Cl2N4O5/c1-30-6-5-23-19(28)20(29)26-24-11-13-3-2-4-17(7-13)31-12-18(27)25-16-9-14(21)8-15(22)10-16/h2-4,7-11H,5-6,12H2,1H3,(H,23,28)(H,25,27)(H,26,29)/b24-11-. The number of benzene rings is 2. The van der Waals surface area contributed by atoms with Gasteiger partial charge in [0, 0.05) is 29.4 Å². The summed E-state index contributed by atoms with van der Waals surface area (Å²) in [5.41, 5.74) is 3.15. The third-order valence-corrected chi connectivity index (χ3v) is 3.99. The fourth-order valence-corrected chi connectivity index (χ4v) is 2.75. The molecule has 2 rings (SSSR count). The van der Waals surface area contributed by atoms with E-state index in [4.69, 9.17) is 32.7 Å². The van der Waals surface area contributed by atoms with Gasteiger partial charge in [0.2, 0.25) is 0 Å². The Morgan fingerprint density at radius 2 is 1.81 bits per heavy atom. The van der Waals surface area contributed by atoms with E-state index < -0.39 is 17.7 Å². The molecule has 3 amide bonds. The van der Waals surface area contributed by atoms with Crippen molar-refractivity contribution in [2.45, 2.75) is 0 Å². The van der Waals surface area contributed by atoms with E-state index in [1.165, 1.54) is 13.3 Å². The Labute approximate surface area is 188 Å². The van der Waals surface area contributed by atoms with Gasteiger partial charge in [0.15, 0.2) is 6.61 Å². The molecule has 0 fully saturated rings. The number of methoxy groups -OCH3 is 1. The number of rotatable bonds is 9. The first kappa shape index (κ1) is 24.1. The monoisotopic (exact) mass is 466 g/mol. The lowest BCUT2D eigenvalue weighted by molar-refractivity contribution is -0.139. The first-order valence-corrected chi connectivity index (χ1v) is 9.72. The number of carbonyl (C=O) groups excluding carboxylic acids is 3. The zero-order valence-corrected chi connectivity index (χ0v) is 18.0. The average molecular weight is 467 g/mol. The highest BCUT2D eigenvalue weighted by atomic mass is 35.5. The molecule has 3 N–H and O–H groups in total. The maximum atomic E-state index is 12.1. The summed E-state index contributed by atoms with van der Waals surface area (Å²) in [5.74, 6) is -1.72.